The summed E-state index contributed by atoms with van der Waals surface area (Å²) in [7, 11) is 1.52. The summed E-state index contributed by atoms with van der Waals surface area (Å²) < 4.78 is 31.5. The molecule has 1 aromatic heterocycles. The van der Waals surface area contributed by atoms with E-state index in [9.17, 15) is 8.78 Å². The summed E-state index contributed by atoms with van der Waals surface area (Å²) in [6, 6.07) is 7.67. The maximum Gasteiger partial charge on any atom is 0.283 e. The number of rotatable bonds is 4. The number of nitrogens with two attached hydrogens (primary N) is 1. The van der Waals surface area contributed by atoms with Gasteiger partial charge in [-0.1, -0.05) is 15.3 Å². The van der Waals surface area contributed by atoms with Crippen LogP contribution >= 0.6 is 9.24 Å². The van der Waals surface area contributed by atoms with Crippen molar-refractivity contribution >= 4 is 20.1 Å². The van der Waals surface area contributed by atoms with E-state index in [2.05, 4.69) is 4.98 Å². The topological polar surface area (TPSA) is 48.1 Å². The van der Waals surface area contributed by atoms with Gasteiger partial charge >= 0.3 is 0 Å². The highest BCUT2D eigenvalue weighted by Gasteiger charge is 2.24. The van der Waals surface area contributed by atoms with E-state index in [1.165, 1.54) is 21.4 Å². The van der Waals surface area contributed by atoms with E-state index in [0.717, 1.165) is 0 Å². The van der Waals surface area contributed by atoms with Crippen LogP contribution in [0.5, 0.6) is 5.88 Å². The van der Waals surface area contributed by atoms with E-state index in [-0.39, 0.29) is 5.56 Å². The SMILES string of the molecule is NCCOc1ccc2cc(C(F)(F)P)ccc2n1. The fourth-order valence-electron chi connectivity index (χ4n) is 1.56. The molecular weight excluding hydrogens is 257 g/mol. The number of ether oxygens (including phenoxy) is 1. The lowest BCUT2D eigenvalue weighted by Crippen LogP contribution is -2.11. The minimum Gasteiger partial charge on any atom is -0.476 e. The third-order valence-corrected chi connectivity index (χ3v) is 2.75. The minimum atomic E-state index is -2.93. The molecule has 0 aliphatic heterocycles. The maximum atomic E-state index is 13.1. The van der Waals surface area contributed by atoms with Crippen LogP contribution in [0, 0.1) is 0 Å². The minimum absolute atomic E-state index is 0.0579. The first-order chi connectivity index (χ1) is 8.50. The quantitative estimate of drug-likeness (QED) is 0.868. The van der Waals surface area contributed by atoms with Gasteiger partial charge in [0.15, 0.2) is 0 Å². The Morgan fingerprint density at radius 3 is 2.72 bits per heavy atom. The standard InChI is InChI=1S/C12H13F2N2OP/c13-12(14,18)9-2-3-10-8(7-9)1-4-11(16-10)17-6-5-15/h1-4,7H,5-6,15,18H2. The van der Waals surface area contributed by atoms with Crippen molar-refractivity contribution in [1.82, 2.24) is 4.98 Å². The molecule has 0 aliphatic rings. The van der Waals surface area contributed by atoms with Gasteiger partial charge in [-0.15, -0.1) is 0 Å². The fourth-order valence-corrected chi connectivity index (χ4v) is 1.74. The van der Waals surface area contributed by atoms with E-state index in [1.807, 2.05) is 0 Å². The van der Waals surface area contributed by atoms with Crippen molar-refractivity contribution in [2.75, 3.05) is 13.2 Å². The van der Waals surface area contributed by atoms with Crippen molar-refractivity contribution in [2.45, 2.75) is 5.66 Å². The van der Waals surface area contributed by atoms with Gasteiger partial charge in [-0.3, -0.25) is 0 Å². The van der Waals surface area contributed by atoms with Gasteiger partial charge in [0, 0.05) is 23.6 Å². The summed E-state index contributed by atoms with van der Waals surface area (Å²) in [6.45, 7) is 0.776. The van der Waals surface area contributed by atoms with Gasteiger partial charge < -0.3 is 10.5 Å². The Morgan fingerprint density at radius 2 is 2.06 bits per heavy atom. The first-order valence-corrected chi connectivity index (χ1v) is 5.99. The van der Waals surface area contributed by atoms with Crippen LogP contribution in [0.3, 0.4) is 0 Å². The lowest BCUT2D eigenvalue weighted by molar-refractivity contribution is 0.104. The van der Waals surface area contributed by atoms with Gasteiger partial charge in [0.2, 0.25) is 5.88 Å². The highest BCUT2D eigenvalue weighted by atomic mass is 31.0. The normalized spacial score (nSPS) is 11.8. The van der Waals surface area contributed by atoms with Gasteiger partial charge in [-0.05, 0) is 18.2 Å². The molecule has 0 fully saturated rings. The lowest BCUT2D eigenvalue weighted by Gasteiger charge is -2.11. The maximum absolute atomic E-state index is 13.1. The number of pyridine rings is 1. The predicted octanol–water partition coefficient (Wildman–Crippen LogP) is 2.50. The van der Waals surface area contributed by atoms with Crippen molar-refractivity contribution in [3.05, 3.63) is 35.9 Å². The zero-order valence-electron chi connectivity index (χ0n) is 9.57. The number of hydrogen-bond acceptors (Lipinski definition) is 3. The number of aromatic nitrogens is 1. The van der Waals surface area contributed by atoms with Crippen LogP contribution in [-0.2, 0) is 5.66 Å². The first-order valence-electron chi connectivity index (χ1n) is 5.41. The van der Waals surface area contributed by atoms with Gasteiger partial charge in [0.1, 0.15) is 6.61 Å². The molecule has 0 saturated heterocycles. The second kappa shape index (κ2) is 5.12. The Hall–Kier alpha value is -1.32. The number of benzene rings is 1. The lowest BCUT2D eigenvalue weighted by atomic mass is 10.1. The molecule has 0 amide bonds. The summed E-state index contributed by atoms with van der Waals surface area (Å²) in [4.78, 5) is 4.21. The number of alkyl halides is 2. The summed E-state index contributed by atoms with van der Waals surface area (Å²) in [5, 5.41) is 0.648. The second-order valence-corrected chi connectivity index (χ2v) is 4.54. The Balaban J connectivity index is 2.36. The molecule has 0 bridgehead atoms. The van der Waals surface area contributed by atoms with Gasteiger partial charge in [0.05, 0.1) is 5.52 Å². The molecule has 1 unspecified atom stereocenters. The molecule has 0 aliphatic carbocycles. The molecule has 18 heavy (non-hydrogen) atoms. The molecule has 0 saturated carbocycles. The summed E-state index contributed by atoms with van der Waals surface area (Å²) >= 11 is 0. The van der Waals surface area contributed by atoms with E-state index in [4.69, 9.17) is 10.5 Å². The Morgan fingerprint density at radius 1 is 1.28 bits per heavy atom. The second-order valence-electron chi connectivity index (χ2n) is 3.82. The Kier molecular flexibility index (Phi) is 3.73. The van der Waals surface area contributed by atoms with Gasteiger partial charge in [0.25, 0.3) is 5.66 Å². The first kappa shape index (κ1) is 13.1. The monoisotopic (exact) mass is 270 g/mol. The predicted molar refractivity (Wildman–Crippen MR) is 69.9 cm³/mol. The van der Waals surface area contributed by atoms with Crippen LogP contribution in [0.2, 0.25) is 0 Å². The molecule has 6 heteroatoms. The van der Waals surface area contributed by atoms with E-state index < -0.39 is 5.66 Å². The Labute approximate surface area is 106 Å². The third kappa shape index (κ3) is 2.92. The molecule has 3 nitrogen and oxygen atoms in total. The highest BCUT2D eigenvalue weighted by Crippen LogP contribution is 2.36. The fraction of sp³-hybridized carbons (Fsp3) is 0.250. The smallest absolute Gasteiger partial charge is 0.283 e. The summed E-state index contributed by atoms with van der Waals surface area (Å²) in [6.07, 6.45) is 0. The van der Waals surface area contributed by atoms with Crippen LogP contribution < -0.4 is 10.5 Å². The van der Waals surface area contributed by atoms with Crippen LogP contribution in [0.4, 0.5) is 8.78 Å². The van der Waals surface area contributed by atoms with Crippen LogP contribution in [-0.4, -0.2) is 18.1 Å². The number of nitrogens with zero attached hydrogens (tertiary/aromatic N) is 1. The van der Waals surface area contributed by atoms with E-state index in [1.54, 1.807) is 18.2 Å². The third-order valence-electron chi connectivity index (χ3n) is 2.42. The molecule has 2 N–H and O–H groups in total. The molecule has 0 spiro atoms. The molecule has 1 atom stereocenters. The molecule has 2 rings (SSSR count). The molecule has 0 radical (unpaired) electrons. The number of halogens is 2. The zero-order valence-corrected chi connectivity index (χ0v) is 10.7. The number of fused-ring (bicyclic) bond motifs is 1. The van der Waals surface area contributed by atoms with Crippen molar-refractivity contribution < 1.29 is 13.5 Å². The van der Waals surface area contributed by atoms with Crippen LogP contribution in [0.25, 0.3) is 10.9 Å². The average molecular weight is 270 g/mol. The Bertz CT molecular complexity index is 557. The molecule has 1 heterocycles. The zero-order chi connectivity index (χ0) is 13.2. The average Bonchev–Trinajstić information content (AvgIpc) is 2.34. The van der Waals surface area contributed by atoms with E-state index in [0.29, 0.717) is 29.9 Å². The van der Waals surface area contributed by atoms with E-state index >= 15 is 0 Å². The molecule has 1 aromatic carbocycles. The van der Waals surface area contributed by atoms with Crippen LogP contribution in [0.1, 0.15) is 5.56 Å². The summed E-state index contributed by atoms with van der Waals surface area (Å²) in [5.41, 5.74) is 2.95. The highest BCUT2D eigenvalue weighted by molar-refractivity contribution is 7.17. The van der Waals surface area contributed by atoms with Crippen molar-refractivity contribution in [3.63, 3.8) is 0 Å². The number of hydrogen-bond donors (Lipinski definition) is 1. The molecule has 2 aromatic rings. The van der Waals surface area contributed by atoms with Gasteiger partial charge in [-0.2, -0.15) is 8.78 Å². The van der Waals surface area contributed by atoms with Gasteiger partial charge in [-0.25, -0.2) is 4.98 Å². The largest absolute Gasteiger partial charge is 0.476 e. The molecular formula is C12H13F2N2OP. The van der Waals surface area contributed by atoms with Crippen molar-refractivity contribution in [1.29, 1.82) is 0 Å². The molecule has 96 valence electrons. The van der Waals surface area contributed by atoms with Crippen molar-refractivity contribution in [3.8, 4) is 5.88 Å². The van der Waals surface area contributed by atoms with Crippen molar-refractivity contribution in [2.24, 2.45) is 5.73 Å². The van der Waals surface area contributed by atoms with Crippen LogP contribution in [0.15, 0.2) is 30.3 Å². The summed E-state index contributed by atoms with van der Waals surface area (Å²) in [5.74, 6) is 0.443.